The lowest BCUT2D eigenvalue weighted by atomic mass is 9.67. The molecule has 1 aliphatic rings. The first kappa shape index (κ1) is 9.72. The summed E-state index contributed by atoms with van der Waals surface area (Å²) in [5.74, 6) is 1.35. The van der Waals surface area contributed by atoms with E-state index in [1.807, 2.05) is 0 Å². The van der Waals surface area contributed by atoms with Crippen LogP contribution in [0.4, 0.5) is 0 Å². The Kier molecular flexibility index (Phi) is 2.36. The summed E-state index contributed by atoms with van der Waals surface area (Å²) in [4.78, 5) is 0. The van der Waals surface area contributed by atoms with Crippen molar-refractivity contribution in [2.45, 2.75) is 39.2 Å². The highest BCUT2D eigenvalue weighted by molar-refractivity contribution is 5.33. The molecule has 0 spiro atoms. The van der Waals surface area contributed by atoms with Crippen LogP contribution in [0.15, 0.2) is 18.2 Å². The molecule has 3 atom stereocenters. The molecule has 1 heteroatoms. The van der Waals surface area contributed by atoms with Gasteiger partial charge in [0.2, 0.25) is 0 Å². The quantitative estimate of drug-likeness (QED) is 0.722. The summed E-state index contributed by atoms with van der Waals surface area (Å²) in [6.45, 7) is 6.60. The Balaban J connectivity index is 2.22. The minimum atomic E-state index is 0.418. The second-order valence-electron chi connectivity index (χ2n) is 4.71. The molecule has 1 aromatic rings. The fourth-order valence-electron chi connectivity index (χ4n) is 2.26. The van der Waals surface area contributed by atoms with Gasteiger partial charge in [0.15, 0.2) is 0 Å². The highest BCUT2D eigenvalue weighted by atomic mass is 14.7. The lowest BCUT2D eigenvalue weighted by Gasteiger charge is -2.41. The fourth-order valence-corrected chi connectivity index (χ4v) is 2.26. The average molecular weight is 189 g/mol. The standard InChI is InChI=1S/C13H19N/c1-8-4-5-11(6-9(8)2)12-7-13(14)10(12)3/h4-6,10,12-13H,7,14H2,1-3H3. The van der Waals surface area contributed by atoms with Crippen LogP contribution in [0.3, 0.4) is 0 Å². The summed E-state index contributed by atoms with van der Waals surface area (Å²) < 4.78 is 0. The van der Waals surface area contributed by atoms with Gasteiger partial charge in [-0.15, -0.1) is 0 Å². The molecule has 0 radical (unpaired) electrons. The van der Waals surface area contributed by atoms with E-state index >= 15 is 0 Å². The maximum absolute atomic E-state index is 5.92. The van der Waals surface area contributed by atoms with Crippen molar-refractivity contribution in [3.8, 4) is 0 Å². The molecule has 0 heterocycles. The van der Waals surface area contributed by atoms with Crippen LogP contribution in [0.25, 0.3) is 0 Å². The smallest absolute Gasteiger partial charge is 0.00763 e. The Hall–Kier alpha value is -0.820. The van der Waals surface area contributed by atoms with E-state index in [4.69, 9.17) is 5.73 Å². The van der Waals surface area contributed by atoms with Gasteiger partial charge in [-0.1, -0.05) is 25.1 Å². The summed E-state index contributed by atoms with van der Waals surface area (Å²) in [7, 11) is 0. The molecule has 14 heavy (non-hydrogen) atoms. The van der Waals surface area contributed by atoms with Crippen molar-refractivity contribution in [2.24, 2.45) is 11.7 Å². The molecule has 2 rings (SSSR count). The molecule has 0 amide bonds. The molecule has 0 aromatic heterocycles. The lowest BCUT2D eigenvalue weighted by molar-refractivity contribution is 0.226. The summed E-state index contributed by atoms with van der Waals surface area (Å²) in [5.41, 5.74) is 10.2. The maximum atomic E-state index is 5.92. The number of nitrogens with two attached hydrogens (primary N) is 1. The van der Waals surface area contributed by atoms with Gasteiger partial charge in [0.1, 0.15) is 0 Å². The van der Waals surface area contributed by atoms with E-state index in [0.29, 0.717) is 17.9 Å². The van der Waals surface area contributed by atoms with Gasteiger partial charge in [0.05, 0.1) is 0 Å². The first-order chi connectivity index (χ1) is 6.59. The Morgan fingerprint density at radius 2 is 1.93 bits per heavy atom. The zero-order valence-corrected chi connectivity index (χ0v) is 9.25. The highest BCUT2D eigenvalue weighted by Gasteiger charge is 2.35. The van der Waals surface area contributed by atoms with Crippen LogP contribution in [-0.2, 0) is 0 Å². The van der Waals surface area contributed by atoms with Crippen molar-refractivity contribution < 1.29 is 0 Å². The van der Waals surface area contributed by atoms with E-state index in [0.717, 1.165) is 6.42 Å². The zero-order chi connectivity index (χ0) is 10.3. The highest BCUT2D eigenvalue weighted by Crippen LogP contribution is 2.41. The van der Waals surface area contributed by atoms with Crippen LogP contribution in [0.1, 0.15) is 36.0 Å². The van der Waals surface area contributed by atoms with Gasteiger partial charge in [0, 0.05) is 6.04 Å². The van der Waals surface area contributed by atoms with Gasteiger partial charge < -0.3 is 5.73 Å². The summed E-state index contributed by atoms with van der Waals surface area (Å²) >= 11 is 0. The van der Waals surface area contributed by atoms with Crippen molar-refractivity contribution in [1.29, 1.82) is 0 Å². The van der Waals surface area contributed by atoms with E-state index < -0.39 is 0 Å². The number of benzene rings is 1. The molecule has 76 valence electrons. The van der Waals surface area contributed by atoms with Gasteiger partial charge in [-0.25, -0.2) is 0 Å². The van der Waals surface area contributed by atoms with Crippen LogP contribution in [0, 0.1) is 19.8 Å². The Morgan fingerprint density at radius 1 is 1.21 bits per heavy atom. The third kappa shape index (κ3) is 1.46. The normalized spacial score (nSPS) is 31.3. The second kappa shape index (κ2) is 3.39. The van der Waals surface area contributed by atoms with E-state index in [9.17, 15) is 0 Å². The number of hydrogen-bond donors (Lipinski definition) is 1. The topological polar surface area (TPSA) is 26.0 Å². The van der Waals surface area contributed by atoms with Crippen LogP contribution < -0.4 is 5.73 Å². The van der Waals surface area contributed by atoms with Gasteiger partial charge in [0.25, 0.3) is 0 Å². The molecule has 3 unspecified atom stereocenters. The summed E-state index contributed by atoms with van der Waals surface area (Å²) in [6, 6.07) is 7.22. The minimum absolute atomic E-state index is 0.418. The third-order valence-electron chi connectivity index (χ3n) is 3.80. The van der Waals surface area contributed by atoms with E-state index in [2.05, 4.69) is 39.0 Å². The predicted molar refractivity (Wildman–Crippen MR) is 60.4 cm³/mol. The van der Waals surface area contributed by atoms with Crippen molar-refractivity contribution in [1.82, 2.24) is 0 Å². The van der Waals surface area contributed by atoms with Gasteiger partial charge in [-0.05, 0) is 48.8 Å². The van der Waals surface area contributed by atoms with Crippen LogP contribution >= 0.6 is 0 Å². The molecular weight excluding hydrogens is 170 g/mol. The molecule has 1 saturated carbocycles. The number of aryl methyl sites for hydroxylation is 2. The fraction of sp³-hybridized carbons (Fsp3) is 0.538. The van der Waals surface area contributed by atoms with Crippen molar-refractivity contribution in [3.05, 3.63) is 34.9 Å². The van der Waals surface area contributed by atoms with Crippen LogP contribution in [0.2, 0.25) is 0 Å². The third-order valence-corrected chi connectivity index (χ3v) is 3.80. The Bertz CT molecular complexity index is 343. The zero-order valence-electron chi connectivity index (χ0n) is 9.25. The lowest BCUT2D eigenvalue weighted by Crippen LogP contribution is -2.44. The maximum Gasteiger partial charge on any atom is 0.00763 e. The van der Waals surface area contributed by atoms with Crippen molar-refractivity contribution in [2.75, 3.05) is 0 Å². The van der Waals surface area contributed by atoms with Gasteiger partial charge in [-0.2, -0.15) is 0 Å². The monoisotopic (exact) mass is 189 g/mol. The van der Waals surface area contributed by atoms with Crippen molar-refractivity contribution >= 4 is 0 Å². The van der Waals surface area contributed by atoms with E-state index in [1.54, 1.807) is 0 Å². The molecular formula is C13H19N. The van der Waals surface area contributed by atoms with Crippen LogP contribution in [0.5, 0.6) is 0 Å². The molecule has 0 bridgehead atoms. The number of rotatable bonds is 1. The average Bonchev–Trinajstić information content (AvgIpc) is 2.18. The molecule has 0 aliphatic heterocycles. The van der Waals surface area contributed by atoms with Gasteiger partial charge >= 0.3 is 0 Å². The molecule has 2 N–H and O–H groups in total. The SMILES string of the molecule is Cc1ccc(C2CC(N)C2C)cc1C. The van der Waals surface area contributed by atoms with Crippen molar-refractivity contribution in [3.63, 3.8) is 0 Å². The first-order valence-corrected chi connectivity index (χ1v) is 5.42. The molecule has 1 aliphatic carbocycles. The van der Waals surface area contributed by atoms with E-state index in [-0.39, 0.29) is 0 Å². The van der Waals surface area contributed by atoms with Crippen LogP contribution in [-0.4, -0.2) is 6.04 Å². The first-order valence-electron chi connectivity index (χ1n) is 5.42. The minimum Gasteiger partial charge on any atom is -0.327 e. The largest absolute Gasteiger partial charge is 0.327 e. The molecule has 0 saturated heterocycles. The predicted octanol–water partition coefficient (Wildman–Crippen LogP) is 2.75. The molecule has 1 nitrogen and oxygen atoms in total. The Labute approximate surface area is 86.3 Å². The summed E-state index contributed by atoms with van der Waals surface area (Å²) in [6.07, 6.45) is 1.16. The number of hydrogen-bond acceptors (Lipinski definition) is 1. The molecule has 1 fully saturated rings. The Morgan fingerprint density at radius 3 is 2.43 bits per heavy atom. The van der Waals surface area contributed by atoms with E-state index in [1.165, 1.54) is 16.7 Å². The summed E-state index contributed by atoms with van der Waals surface area (Å²) in [5, 5.41) is 0. The molecule has 1 aromatic carbocycles. The second-order valence-corrected chi connectivity index (χ2v) is 4.71. The van der Waals surface area contributed by atoms with Gasteiger partial charge in [-0.3, -0.25) is 0 Å².